The highest BCUT2D eigenvalue weighted by atomic mass is 16.5. The number of carbonyl (C=O) groups excluding carboxylic acids is 1. The summed E-state index contributed by atoms with van der Waals surface area (Å²) in [4.78, 5) is 19.7. The first-order valence-electron chi connectivity index (χ1n) is 4.68. The second-order valence-corrected chi connectivity index (χ2v) is 2.97. The van der Waals surface area contributed by atoms with Gasteiger partial charge in [0.05, 0.1) is 17.7 Å². The molecule has 0 fully saturated rings. The molecule has 0 spiro atoms. The molecule has 0 bridgehead atoms. The zero-order valence-electron chi connectivity index (χ0n) is 8.30. The van der Waals surface area contributed by atoms with Crippen LogP contribution in [0.5, 0.6) is 0 Å². The number of pyridine rings is 2. The average Bonchev–Trinajstić information content (AvgIpc) is 2.28. The van der Waals surface area contributed by atoms with Gasteiger partial charge in [0.15, 0.2) is 0 Å². The van der Waals surface area contributed by atoms with Crippen LogP contribution in [0.1, 0.15) is 17.3 Å². The molecule has 4 nitrogen and oxygen atoms in total. The maximum Gasteiger partial charge on any atom is 0.338 e. The summed E-state index contributed by atoms with van der Waals surface area (Å²) in [5.41, 5.74) is 1.26. The van der Waals surface area contributed by atoms with E-state index in [0.29, 0.717) is 12.2 Å². The first kappa shape index (κ1) is 9.58. The second kappa shape index (κ2) is 4.04. The Morgan fingerprint density at radius 3 is 3.07 bits per heavy atom. The Bertz CT molecular complexity index is 491. The maximum absolute atomic E-state index is 11.6. The van der Waals surface area contributed by atoms with E-state index in [1.807, 2.05) is 0 Å². The molecule has 2 rings (SSSR count). The lowest BCUT2D eigenvalue weighted by Gasteiger charge is -2.04. The first-order chi connectivity index (χ1) is 7.33. The molecule has 0 N–H and O–H groups in total. The SMILES string of the molecule is CCOC(=O)c1ccnc2ccncc12. The highest BCUT2D eigenvalue weighted by molar-refractivity contribution is 6.02. The van der Waals surface area contributed by atoms with E-state index in [-0.39, 0.29) is 5.97 Å². The molecule has 0 unspecified atom stereocenters. The van der Waals surface area contributed by atoms with Crippen LogP contribution in [-0.4, -0.2) is 22.5 Å². The minimum absolute atomic E-state index is 0.335. The smallest absolute Gasteiger partial charge is 0.338 e. The molecule has 0 atom stereocenters. The van der Waals surface area contributed by atoms with Crippen molar-refractivity contribution in [2.45, 2.75) is 6.92 Å². The molecule has 0 aliphatic carbocycles. The molecule has 0 aliphatic rings. The number of hydrogen-bond donors (Lipinski definition) is 0. The normalized spacial score (nSPS) is 10.2. The molecule has 4 heteroatoms. The fourth-order valence-corrected chi connectivity index (χ4v) is 1.38. The zero-order valence-corrected chi connectivity index (χ0v) is 8.30. The van der Waals surface area contributed by atoms with Crippen LogP contribution in [0.25, 0.3) is 10.9 Å². The van der Waals surface area contributed by atoms with Crippen molar-refractivity contribution in [3.8, 4) is 0 Å². The highest BCUT2D eigenvalue weighted by Gasteiger charge is 2.10. The maximum atomic E-state index is 11.6. The summed E-state index contributed by atoms with van der Waals surface area (Å²) in [6.07, 6.45) is 4.85. The van der Waals surface area contributed by atoms with E-state index in [0.717, 1.165) is 10.9 Å². The summed E-state index contributed by atoms with van der Waals surface area (Å²) >= 11 is 0. The quantitative estimate of drug-likeness (QED) is 0.697. The number of rotatable bonds is 2. The zero-order chi connectivity index (χ0) is 10.7. The molecule has 0 saturated carbocycles. The van der Waals surface area contributed by atoms with Crippen LogP contribution in [-0.2, 0) is 4.74 Å². The topological polar surface area (TPSA) is 52.1 Å². The fraction of sp³-hybridized carbons (Fsp3) is 0.182. The van der Waals surface area contributed by atoms with E-state index in [1.54, 1.807) is 37.6 Å². The van der Waals surface area contributed by atoms with Gasteiger partial charge in [0.1, 0.15) is 0 Å². The van der Waals surface area contributed by atoms with Crippen LogP contribution in [0.15, 0.2) is 30.7 Å². The van der Waals surface area contributed by atoms with Gasteiger partial charge in [-0.25, -0.2) is 4.79 Å². The molecule has 0 radical (unpaired) electrons. The first-order valence-corrected chi connectivity index (χ1v) is 4.68. The van der Waals surface area contributed by atoms with Gasteiger partial charge in [-0.2, -0.15) is 0 Å². The Labute approximate surface area is 86.9 Å². The van der Waals surface area contributed by atoms with Crippen molar-refractivity contribution >= 4 is 16.9 Å². The van der Waals surface area contributed by atoms with E-state index in [4.69, 9.17) is 4.74 Å². The van der Waals surface area contributed by atoms with Gasteiger partial charge in [-0.05, 0) is 19.1 Å². The van der Waals surface area contributed by atoms with Gasteiger partial charge in [-0.3, -0.25) is 9.97 Å². The lowest BCUT2D eigenvalue weighted by atomic mass is 10.1. The van der Waals surface area contributed by atoms with Crippen molar-refractivity contribution in [3.63, 3.8) is 0 Å². The Balaban J connectivity index is 2.56. The molecule has 76 valence electrons. The summed E-state index contributed by atoms with van der Waals surface area (Å²) in [5.74, 6) is -0.335. The van der Waals surface area contributed by atoms with Gasteiger partial charge in [-0.15, -0.1) is 0 Å². The Morgan fingerprint density at radius 1 is 1.40 bits per heavy atom. The average molecular weight is 202 g/mol. The van der Waals surface area contributed by atoms with Crippen LogP contribution in [0.2, 0.25) is 0 Å². The van der Waals surface area contributed by atoms with Gasteiger partial charge in [0.25, 0.3) is 0 Å². The van der Waals surface area contributed by atoms with Gasteiger partial charge in [-0.1, -0.05) is 0 Å². The largest absolute Gasteiger partial charge is 0.462 e. The van der Waals surface area contributed by atoms with E-state index in [2.05, 4.69) is 9.97 Å². The summed E-state index contributed by atoms with van der Waals surface area (Å²) in [7, 11) is 0. The number of esters is 1. The number of ether oxygens (including phenoxy) is 1. The number of fused-ring (bicyclic) bond motifs is 1. The van der Waals surface area contributed by atoms with Crippen molar-refractivity contribution in [2.75, 3.05) is 6.61 Å². The lowest BCUT2D eigenvalue weighted by Crippen LogP contribution is -2.05. The molecule has 0 saturated heterocycles. The molecule has 15 heavy (non-hydrogen) atoms. The van der Waals surface area contributed by atoms with Crippen LogP contribution in [0.3, 0.4) is 0 Å². The third-order valence-electron chi connectivity index (χ3n) is 2.04. The number of nitrogens with zero attached hydrogens (tertiary/aromatic N) is 2. The van der Waals surface area contributed by atoms with Crippen molar-refractivity contribution in [2.24, 2.45) is 0 Å². The van der Waals surface area contributed by atoms with Crippen molar-refractivity contribution < 1.29 is 9.53 Å². The summed E-state index contributed by atoms with van der Waals surface area (Å²) < 4.78 is 4.94. The van der Waals surface area contributed by atoms with Crippen molar-refractivity contribution in [1.82, 2.24) is 9.97 Å². The second-order valence-electron chi connectivity index (χ2n) is 2.97. The third-order valence-corrected chi connectivity index (χ3v) is 2.04. The number of carbonyl (C=O) groups is 1. The van der Waals surface area contributed by atoms with E-state index >= 15 is 0 Å². The van der Waals surface area contributed by atoms with Crippen LogP contribution in [0, 0.1) is 0 Å². The molecule has 0 amide bonds. The fourth-order valence-electron chi connectivity index (χ4n) is 1.38. The summed E-state index contributed by atoms with van der Waals surface area (Å²) in [6, 6.07) is 3.40. The van der Waals surface area contributed by atoms with Gasteiger partial charge >= 0.3 is 5.97 Å². The Hall–Kier alpha value is -1.97. The Morgan fingerprint density at radius 2 is 2.27 bits per heavy atom. The number of hydrogen-bond acceptors (Lipinski definition) is 4. The van der Waals surface area contributed by atoms with Crippen molar-refractivity contribution in [3.05, 3.63) is 36.3 Å². The Kier molecular flexibility index (Phi) is 2.58. The molecular weight excluding hydrogens is 192 g/mol. The highest BCUT2D eigenvalue weighted by Crippen LogP contribution is 2.15. The van der Waals surface area contributed by atoms with E-state index < -0.39 is 0 Å². The summed E-state index contributed by atoms with van der Waals surface area (Å²) in [5, 5.41) is 0.721. The van der Waals surface area contributed by atoms with Gasteiger partial charge in [0, 0.05) is 24.0 Å². The standard InChI is InChI=1S/C11H10N2O2/c1-2-15-11(14)8-3-6-13-10-4-5-12-7-9(8)10/h3-7H,2H2,1H3. The van der Waals surface area contributed by atoms with E-state index in [1.165, 1.54) is 0 Å². The predicted molar refractivity (Wildman–Crippen MR) is 55.5 cm³/mol. The third kappa shape index (κ3) is 1.79. The molecule has 2 aromatic rings. The predicted octanol–water partition coefficient (Wildman–Crippen LogP) is 1.81. The van der Waals surface area contributed by atoms with Crippen LogP contribution < -0.4 is 0 Å². The van der Waals surface area contributed by atoms with Gasteiger partial charge < -0.3 is 4.74 Å². The lowest BCUT2D eigenvalue weighted by molar-refractivity contribution is 0.0528. The molecular formula is C11H10N2O2. The number of aromatic nitrogens is 2. The molecule has 0 aromatic carbocycles. The minimum atomic E-state index is -0.335. The van der Waals surface area contributed by atoms with Crippen molar-refractivity contribution in [1.29, 1.82) is 0 Å². The summed E-state index contributed by atoms with van der Waals surface area (Å²) in [6.45, 7) is 2.14. The molecule has 0 aliphatic heterocycles. The van der Waals surface area contributed by atoms with Gasteiger partial charge in [0.2, 0.25) is 0 Å². The van der Waals surface area contributed by atoms with Crippen LogP contribution >= 0.6 is 0 Å². The molecule has 2 aromatic heterocycles. The monoisotopic (exact) mass is 202 g/mol. The van der Waals surface area contributed by atoms with Crippen LogP contribution in [0.4, 0.5) is 0 Å². The minimum Gasteiger partial charge on any atom is -0.462 e. The van der Waals surface area contributed by atoms with E-state index in [9.17, 15) is 4.79 Å². The molecule has 2 heterocycles.